The van der Waals surface area contributed by atoms with Crippen LogP contribution in [0, 0.1) is 23.3 Å². The van der Waals surface area contributed by atoms with Gasteiger partial charge in [0.1, 0.15) is 23.3 Å². The highest BCUT2D eigenvalue weighted by Gasteiger charge is 2.29. The first-order valence-electron chi connectivity index (χ1n) is 10.4. The molecule has 0 spiro atoms. The van der Waals surface area contributed by atoms with Crippen LogP contribution in [-0.4, -0.2) is 29.5 Å². The molecule has 178 valence electrons. The van der Waals surface area contributed by atoms with Crippen molar-refractivity contribution < 1.29 is 22.4 Å². The molecule has 0 radical (unpaired) electrons. The normalized spacial score (nSPS) is 15.9. The number of amides is 1. The van der Waals surface area contributed by atoms with Crippen molar-refractivity contribution in [1.82, 2.24) is 15.2 Å². The maximum Gasteiger partial charge on any atom is 0.253 e. The fraction of sp³-hybridized carbons (Fsp3) is 0.250. The molecule has 0 fully saturated rings. The van der Waals surface area contributed by atoms with E-state index in [9.17, 15) is 22.4 Å². The number of pyridine rings is 1. The molecule has 5 nitrogen and oxygen atoms in total. The van der Waals surface area contributed by atoms with Crippen LogP contribution < -0.4 is 10.2 Å². The molecule has 1 aliphatic heterocycles. The van der Waals surface area contributed by atoms with Gasteiger partial charge in [-0.25, -0.2) is 17.6 Å². The van der Waals surface area contributed by atoms with Crippen LogP contribution in [0.1, 0.15) is 40.1 Å². The molecule has 3 aromatic rings. The van der Waals surface area contributed by atoms with Gasteiger partial charge in [-0.1, -0.05) is 17.7 Å². The van der Waals surface area contributed by atoms with Gasteiger partial charge in [0.15, 0.2) is 0 Å². The Bertz CT molecular complexity index is 1210. The average Bonchev–Trinajstić information content (AvgIpc) is 2.78. The summed E-state index contributed by atoms with van der Waals surface area (Å²) in [5, 5.41) is 2.72. The van der Waals surface area contributed by atoms with Gasteiger partial charge in [0.05, 0.1) is 29.7 Å². The van der Waals surface area contributed by atoms with Gasteiger partial charge in [-0.3, -0.25) is 14.7 Å². The molecule has 1 amide bonds. The zero-order chi connectivity index (χ0) is 24.6. The monoisotopic (exact) mass is 492 g/mol. The Kier molecular flexibility index (Phi) is 6.77. The molecule has 2 aromatic carbocycles. The molecule has 1 unspecified atom stereocenters. The van der Waals surface area contributed by atoms with Crippen molar-refractivity contribution in [3.05, 3.63) is 93.3 Å². The van der Waals surface area contributed by atoms with E-state index in [-0.39, 0.29) is 23.2 Å². The van der Waals surface area contributed by atoms with E-state index < -0.39 is 41.3 Å². The second-order valence-electron chi connectivity index (χ2n) is 8.13. The molecule has 1 aromatic heterocycles. The van der Waals surface area contributed by atoms with E-state index in [2.05, 4.69) is 10.3 Å². The third-order valence-corrected chi connectivity index (χ3v) is 6.25. The van der Waals surface area contributed by atoms with Crippen LogP contribution in [-0.2, 0) is 13.1 Å². The zero-order valence-electron chi connectivity index (χ0n) is 18.4. The van der Waals surface area contributed by atoms with Gasteiger partial charge in [-0.15, -0.1) is 0 Å². The third-order valence-electron chi connectivity index (χ3n) is 5.89. The Morgan fingerprint density at radius 3 is 2.50 bits per heavy atom. The molecular weight excluding hydrogens is 472 g/mol. The van der Waals surface area contributed by atoms with E-state index in [4.69, 9.17) is 11.6 Å². The van der Waals surface area contributed by atoms with Crippen molar-refractivity contribution in [2.75, 3.05) is 18.6 Å². The number of benzene rings is 2. The smallest absolute Gasteiger partial charge is 0.253 e. The molecule has 0 saturated heterocycles. The van der Waals surface area contributed by atoms with Gasteiger partial charge in [0, 0.05) is 47.6 Å². The summed E-state index contributed by atoms with van der Waals surface area (Å²) in [6, 6.07) is 7.09. The topological polar surface area (TPSA) is 48.5 Å². The Morgan fingerprint density at radius 2 is 1.82 bits per heavy atom. The van der Waals surface area contributed by atoms with Crippen LogP contribution in [0.2, 0.25) is 5.02 Å². The van der Waals surface area contributed by atoms with Crippen LogP contribution in [0.5, 0.6) is 0 Å². The van der Waals surface area contributed by atoms with Gasteiger partial charge in [-0.05, 0) is 32.2 Å². The molecule has 1 atom stereocenters. The van der Waals surface area contributed by atoms with Gasteiger partial charge >= 0.3 is 0 Å². The fourth-order valence-corrected chi connectivity index (χ4v) is 4.08. The summed E-state index contributed by atoms with van der Waals surface area (Å²) in [6.07, 6.45) is 1.37. The first-order chi connectivity index (χ1) is 16.2. The van der Waals surface area contributed by atoms with Crippen molar-refractivity contribution in [2.45, 2.75) is 26.1 Å². The molecule has 2 heterocycles. The van der Waals surface area contributed by atoms with Gasteiger partial charge in [-0.2, -0.15) is 0 Å². The Morgan fingerprint density at radius 1 is 1.12 bits per heavy atom. The highest BCUT2D eigenvalue weighted by Crippen LogP contribution is 2.35. The van der Waals surface area contributed by atoms with E-state index in [0.717, 1.165) is 0 Å². The molecule has 0 saturated carbocycles. The van der Waals surface area contributed by atoms with E-state index in [0.29, 0.717) is 35.7 Å². The SMILES string of the molecule is CC1c2ncc(C(=O)NCc3c(F)cc(F)cc3F)cc2N(Cc2c(F)cccc2Cl)CN1C. The minimum Gasteiger partial charge on any atom is -0.352 e. The number of nitrogens with zero attached hydrogens (tertiary/aromatic N) is 3. The predicted octanol–water partition coefficient (Wildman–Crippen LogP) is 5.19. The summed E-state index contributed by atoms with van der Waals surface area (Å²) in [5.41, 5.74) is 1.33. The summed E-state index contributed by atoms with van der Waals surface area (Å²) >= 11 is 6.21. The maximum absolute atomic E-state index is 14.4. The lowest BCUT2D eigenvalue weighted by atomic mass is 10.0. The summed E-state index contributed by atoms with van der Waals surface area (Å²) in [6.45, 7) is 2.06. The van der Waals surface area contributed by atoms with E-state index in [1.165, 1.54) is 18.3 Å². The summed E-state index contributed by atoms with van der Waals surface area (Å²) in [7, 11) is 1.90. The van der Waals surface area contributed by atoms with Crippen LogP contribution in [0.4, 0.5) is 23.2 Å². The molecule has 1 N–H and O–H groups in total. The number of hydrogen-bond acceptors (Lipinski definition) is 4. The molecule has 4 rings (SSSR count). The molecular formula is C24H21ClF4N4O. The summed E-state index contributed by atoms with van der Waals surface area (Å²) in [4.78, 5) is 21.0. The lowest BCUT2D eigenvalue weighted by Gasteiger charge is -2.40. The molecule has 1 aliphatic rings. The van der Waals surface area contributed by atoms with Crippen molar-refractivity contribution in [2.24, 2.45) is 0 Å². The summed E-state index contributed by atoms with van der Waals surface area (Å²) in [5.74, 6) is -4.29. The van der Waals surface area contributed by atoms with Crippen molar-refractivity contribution in [3.63, 3.8) is 0 Å². The van der Waals surface area contributed by atoms with Crippen LogP contribution in [0.25, 0.3) is 0 Å². The Labute approximate surface area is 199 Å². The number of aromatic nitrogens is 1. The first kappa shape index (κ1) is 24.0. The fourth-order valence-electron chi connectivity index (χ4n) is 3.86. The molecule has 34 heavy (non-hydrogen) atoms. The second-order valence-corrected chi connectivity index (χ2v) is 8.54. The molecule has 0 aliphatic carbocycles. The second kappa shape index (κ2) is 9.60. The number of carbonyl (C=O) groups excluding carboxylic acids is 1. The van der Waals surface area contributed by atoms with Crippen LogP contribution >= 0.6 is 11.6 Å². The third kappa shape index (κ3) is 4.71. The van der Waals surface area contributed by atoms with Crippen LogP contribution in [0.15, 0.2) is 42.6 Å². The standard InChI is InChI=1S/C24H21ClF4N4O/c1-13-23-22(33(12-32(13)2)11-17-18(25)4-3-5-19(17)27)6-14(9-30-23)24(34)31-10-16-20(28)7-15(26)8-21(16)29/h3-9,13H,10-12H2,1-2H3,(H,31,34). The largest absolute Gasteiger partial charge is 0.352 e. The average molecular weight is 493 g/mol. The number of rotatable bonds is 5. The number of hydrogen-bond donors (Lipinski definition) is 1. The van der Waals surface area contributed by atoms with E-state index in [1.807, 2.05) is 23.8 Å². The highest BCUT2D eigenvalue weighted by atomic mass is 35.5. The number of halogens is 5. The van der Waals surface area contributed by atoms with Gasteiger partial charge in [0.25, 0.3) is 5.91 Å². The minimum absolute atomic E-state index is 0.0677. The van der Waals surface area contributed by atoms with Gasteiger partial charge < -0.3 is 10.2 Å². The molecule has 0 bridgehead atoms. The minimum atomic E-state index is -1.09. The lowest BCUT2D eigenvalue weighted by Crippen LogP contribution is -2.42. The van der Waals surface area contributed by atoms with Crippen molar-refractivity contribution in [1.29, 1.82) is 0 Å². The molecule has 10 heteroatoms. The predicted molar refractivity (Wildman–Crippen MR) is 120 cm³/mol. The zero-order valence-corrected chi connectivity index (χ0v) is 19.1. The quantitative estimate of drug-likeness (QED) is 0.498. The lowest BCUT2D eigenvalue weighted by molar-refractivity contribution is 0.0949. The number of nitrogens with one attached hydrogen (secondary N) is 1. The van der Waals surface area contributed by atoms with E-state index >= 15 is 0 Å². The van der Waals surface area contributed by atoms with Crippen molar-refractivity contribution >= 4 is 23.2 Å². The van der Waals surface area contributed by atoms with Gasteiger partial charge in [0.2, 0.25) is 0 Å². The van der Waals surface area contributed by atoms with Crippen LogP contribution in [0.3, 0.4) is 0 Å². The number of carbonyl (C=O) groups is 1. The highest BCUT2D eigenvalue weighted by molar-refractivity contribution is 6.31. The number of fused-ring (bicyclic) bond motifs is 1. The maximum atomic E-state index is 14.4. The Hall–Kier alpha value is -3.17. The first-order valence-corrected chi connectivity index (χ1v) is 10.8. The van der Waals surface area contributed by atoms with E-state index in [1.54, 1.807) is 12.1 Å². The Balaban J connectivity index is 1.61. The van der Waals surface area contributed by atoms with Crippen molar-refractivity contribution in [3.8, 4) is 0 Å². The number of anilines is 1. The summed E-state index contributed by atoms with van der Waals surface area (Å²) < 4.78 is 55.3.